The van der Waals surface area contributed by atoms with Crippen LogP contribution in [-0.2, 0) is 16.1 Å². The van der Waals surface area contributed by atoms with Gasteiger partial charge in [0.15, 0.2) is 0 Å². The summed E-state index contributed by atoms with van der Waals surface area (Å²) in [6.07, 6.45) is 12.4. The van der Waals surface area contributed by atoms with E-state index in [2.05, 4.69) is 33.5 Å². The largest absolute Gasteiger partial charge is 0.390 e. The Hall–Kier alpha value is -3.29. The summed E-state index contributed by atoms with van der Waals surface area (Å²) in [5.74, 6) is 0.545. The van der Waals surface area contributed by atoms with Crippen LogP contribution in [-0.4, -0.2) is 54.9 Å². The smallest absolute Gasteiger partial charge is 0.248 e. The number of nitrogens with zero attached hydrogens (tertiary/aromatic N) is 2. The minimum atomic E-state index is -0.206. The van der Waals surface area contributed by atoms with Crippen LogP contribution in [0.15, 0.2) is 48.9 Å². The first kappa shape index (κ1) is 23.9. The molecular weight excluding hydrogens is 426 g/mol. The maximum atomic E-state index is 12.6. The van der Waals surface area contributed by atoms with Crippen LogP contribution < -0.4 is 10.6 Å². The van der Waals surface area contributed by atoms with E-state index in [1.165, 1.54) is 30.7 Å². The Balaban J connectivity index is 1.38. The number of amides is 1. The second kappa shape index (κ2) is 11.7. The predicted octanol–water partition coefficient (Wildman–Crippen LogP) is 3.86. The van der Waals surface area contributed by atoms with Crippen LogP contribution in [0.4, 0.5) is 5.69 Å². The van der Waals surface area contributed by atoms with E-state index >= 15 is 0 Å². The lowest BCUT2D eigenvalue weighted by Crippen LogP contribution is -2.35. The molecular formula is C27H33N5O2. The van der Waals surface area contributed by atoms with Gasteiger partial charge in [0.1, 0.15) is 0 Å². The third-order valence-electron chi connectivity index (χ3n) is 6.20. The second-order valence-electron chi connectivity index (χ2n) is 8.91. The van der Waals surface area contributed by atoms with Gasteiger partial charge in [-0.15, -0.1) is 0 Å². The van der Waals surface area contributed by atoms with Crippen LogP contribution in [0.5, 0.6) is 0 Å². The Morgan fingerprint density at radius 2 is 2.09 bits per heavy atom. The van der Waals surface area contributed by atoms with Gasteiger partial charge in [0, 0.05) is 73.9 Å². The van der Waals surface area contributed by atoms with Crippen molar-refractivity contribution in [3.63, 3.8) is 0 Å². The van der Waals surface area contributed by atoms with Gasteiger partial charge in [0.05, 0.1) is 13.2 Å². The first-order valence-corrected chi connectivity index (χ1v) is 11.9. The molecule has 1 aliphatic carbocycles. The number of carbonyl (C=O) groups is 1. The lowest BCUT2D eigenvalue weighted by Gasteiger charge is -2.27. The van der Waals surface area contributed by atoms with Gasteiger partial charge in [-0.2, -0.15) is 0 Å². The lowest BCUT2D eigenvalue weighted by atomic mass is 10.0. The van der Waals surface area contributed by atoms with Crippen molar-refractivity contribution in [2.45, 2.75) is 26.3 Å². The van der Waals surface area contributed by atoms with Gasteiger partial charge in [0.2, 0.25) is 5.91 Å². The fourth-order valence-corrected chi connectivity index (χ4v) is 3.96. The predicted molar refractivity (Wildman–Crippen MR) is 137 cm³/mol. The molecule has 2 aromatic rings. The number of morpholine rings is 1. The number of hydrogen-bond acceptors (Lipinski definition) is 6. The van der Waals surface area contributed by atoms with Gasteiger partial charge in [0.25, 0.3) is 0 Å². The zero-order chi connectivity index (χ0) is 23.8. The van der Waals surface area contributed by atoms with E-state index in [1.807, 2.05) is 24.4 Å². The van der Waals surface area contributed by atoms with Gasteiger partial charge in [-0.1, -0.05) is 6.07 Å². The molecule has 7 heteroatoms. The standard InChI is InChI=1S/C27H33N5O2/c1-20-14-25(6-4-23(20)19-32-10-12-34-13-11-32)31-27(33)7-5-22-17-29-9-8-26(22)24(15-28)18-30-16-21-2-3-21/h4-9,14-15,17-18,21,28,30H,2-3,10-13,16,19H2,1H3,(H,31,33)/b7-5+,24-18+,28-15?. The summed E-state index contributed by atoms with van der Waals surface area (Å²) < 4.78 is 5.42. The fraction of sp³-hybridized carbons (Fsp3) is 0.370. The molecule has 2 heterocycles. The van der Waals surface area contributed by atoms with Gasteiger partial charge in [-0.3, -0.25) is 14.7 Å². The van der Waals surface area contributed by atoms with Crippen LogP contribution in [0, 0.1) is 18.3 Å². The number of pyridine rings is 1. The van der Waals surface area contributed by atoms with Crippen LogP contribution >= 0.6 is 0 Å². The molecule has 2 aliphatic rings. The number of ether oxygens (including phenoxy) is 1. The summed E-state index contributed by atoms with van der Waals surface area (Å²) in [6.45, 7) is 7.37. The molecule has 1 saturated carbocycles. The normalized spacial score (nSPS) is 17.0. The first-order chi connectivity index (χ1) is 16.6. The molecule has 0 bridgehead atoms. The minimum Gasteiger partial charge on any atom is -0.390 e. The molecule has 3 N–H and O–H groups in total. The van der Waals surface area contributed by atoms with Crippen molar-refractivity contribution in [2.75, 3.05) is 38.2 Å². The molecule has 0 unspecified atom stereocenters. The summed E-state index contributed by atoms with van der Waals surface area (Å²) in [5, 5.41) is 14.1. The first-order valence-electron chi connectivity index (χ1n) is 11.9. The molecule has 4 rings (SSSR count). The van der Waals surface area contributed by atoms with Crippen molar-refractivity contribution < 1.29 is 9.53 Å². The SMILES string of the molecule is Cc1cc(NC(=O)/C=C/c2cnccc2/C(C=N)=C/NCC2CC2)ccc1CN1CCOCC1. The Labute approximate surface area is 201 Å². The van der Waals surface area contributed by atoms with Crippen LogP contribution in [0.25, 0.3) is 11.6 Å². The average Bonchev–Trinajstić information content (AvgIpc) is 3.68. The lowest BCUT2D eigenvalue weighted by molar-refractivity contribution is -0.111. The molecule has 1 amide bonds. The number of aryl methyl sites for hydroxylation is 1. The highest BCUT2D eigenvalue weighted by atomic mass is 16.5. The summed E-state index contributed by atoms with van der Waals surface area (Å²) in [4.78, 5) is 19.2. The maximum absolute atomic E-state index is 12.6. The van der Waals surface area contributed by atoms with E-state index in [4.69, 9.17) is 10.1 Å². The van der Waals surface area contributed by atoms with Crippen LogP contribution in [0.1, 0.15) is 35.1 Å². The van der Waals surface area contributed by atoms with E-state index in [0.29, 0.717) is 0 Å². The fourth-order valence-electron chi connectivity index (χ4n) is 3.96. The number of hydrogen-bond donors (Lipinski definition) is 3. The highest BCUT2D eigenvalue weighted by Gasteiger charge is 2.20. The number of benzene rings is 1. The maximum Gasteiger partial charge on any atom is 0.248 e. The third-order valence-corrected chi connectivity index (χ3v) is 6.20. The molecule has 7 nitrogen and oxygen atoms in total. The molecule has 0 radical (unpaired) electrons. The zero-order valence-corrected chi connectivity index (χ0v) is 19.7. The molecule has 34 heavy (non-hydrogen) atoms. The highest BCUT2D eigenvalue weighted by Crippen LogP contribution is 2.27. The van der Waals surface area contributed by atoms with E-state index < -0.39 is 0 Å². The highest BCUT2D eigenvalue weighted by molar-refractivity contribution is 6.10. The minimum absolute atomic E-state index is 0.206. The summed E-state index contributed by atoms with van der Waals surface area (Å²) in [7, 11) is 0. The number of carbonyl (C=O) groups excluding carboxylic acids is 1. The van der Waals surface area contributed by atoms with Crippen molar-refractivity contribution in [3.05, 3.63) is 71.2 Å². The molecule has 178 valence electrons. The Kier molecular flexibility index (Phi) is 8.22. The monoisotopic (exact) mass is 459 g/mol. The molecule has 2 fully saturated rings. The molecule has 0 spiro atoms. The summed E-state index contributed by atoms with van der Waals surface area (Å²) in [5.41, 5.74) is 5.60. The van der Waals surface area contributed by atoms with Crippen molar-refractivity contribution in [3.8, 4) is 0 Å². The molecule has 0 atom stereocenters. The molecule has 1 saturated heterocycles. The van der Waals surface area contributed by atoms with Gasteiger partial charge in [-0.05, 0) is 66.6 Å². The van der Waals surface area contributed by atoms with Crippen molar-refractivity contribution in [2.24, 2.45) is 5.92 Å². The van der Waals surface area contributed by atoms with E-state index in [9.17, 15) is 4.79 Å². The topological polar surface area (TPSA) is 90.3 Å². The number of allylic oxidation sites excluding steroid dienone is 1. The summed E-state index contributed by atoms with van der Waals surface area (Å²) in [6, 6.07) is 7.91. The van der Waals surface area contributed by atoms with E-state index in [0.717, 1.165) is 73.3 Å². The van der Waals surface area contributed by atoms with Crippen molar-refractivity contribution >= 4 is 29.5 Å². The van der Waals surface area contributed by atoms with Crippen LogP contribution in [0.2, 0.25) is 0 Å². The Morgan fingerprint density at radius 1 is 1.26 bits per heavy atom. The van der Waals surface area contributed by atoms with Crippen LogP contribution in [0.3, 0.4) is 0 Å². The Bertz CT molecular complexity index is 1070. The molecule has 1 aromatic heterocycles. The third kappa shape index (κ3) is 6.85. The van der Waals surface area contributed by atoms with Gasteiger partial charge >= 0.3 is 0 Å². The van der Waals surface area contributed by atoms with Gasteiger partial charge < -0.3 is 20.8 Å². The summed E-state index contributed by atoms with van der Waals surface area (Å²) >= 11 is 0. The second-order valence-corrected chi connectivity index (χ2v) is 8.91. The van der Waals surface area contributed by atoms with E-state index in [-0.39, 0.29) is 5.91 Å². The van der Waals surface area contributed by atoms with E-state index in [1.54, 1.807) is 18.5 Å². The average molecular weight is 460 g/mol. The van der Waals surface area contributed by atoms with Crippen molar-refractivity contribution in [1.82, 2.24) is 15.2 Å². The number of rotatable bonds is 10. The number of aromatic nitrogens is 1. The molecule has 1 aromatic carbocycles. The zero-order valence-electron chi connectivity index (χ0n) is 19.7. The van der Waals surface area contributed by atoms with Gasteiger partial charge in [-0.25, -0.2) is 0 Å². The molecule has 1 aliphatic heterocycles. The Morgan fingerprint density at radius 3 is 2.82 bits per heavy atom. The number of nitrogens with one attached hydrogen (secondary N) is 3. The number of anilines is 1. The quantitative estimate of drug-likeness (QED) is 0.371. The van der Waals surface area contributed by atoms with Crippen molar-refractivity contribution in [1.29, 1.82) is 5.41 Å².